The van der Waals surface area contributed by atoms with E-state index >= 15 is 0 Å². The fourth-order valence-corrected chi connectivity index (χ4v) is 4.49. The number of carbonyl (C=O) groups is 2. The van der Waals surface area contributed by atoms with Gasteiger partial charge in [0, 0.05) is 31.0 Å². The Balaban J connectivity index is 1.63. The molecule has 1 unspecified atom stereocenters. The molecule has 0 spiro atoms. The van der Waals surface area contributed by atoms with Crippen LogP contribution in [-0.4, -0.2) is 28.2 Å². The van der Waals surface area contributed by atoms with Crippen LogP contribution in [0, 0.1) is 0 Å². The Bertz CT molecular complexity index is 1140. The zero-order valence-corrected chi connectivity index (χ0v) is 19.0. The first-order valence-corrected chi connectivity index (χ1v) is 11.4. The zero-order valence-electron chi connectivity index (χ0n) is 19.0. The molecule has 1 atom stereocenters. The molecule has 1 aromatic heterocycles. The molecule has 0 saturated carbocycles. The second-order valence-corrected chi connectivity index (χ2v) is 8.28. The Kier molecular flexibility index (Phi) is 6.98. The summed E-state index contributed by atoms with van der Waals surface area (Å²) >= 11 is 0. The van der Waals surface area contributed by atoms with Crippen molar-refractivity contribution in [3.63, 3.8) is 0 Å². The second kappa shape index (κ2) is 10.3. The monoisotopic (exact) mass is 439 g/mol. The average Bonchev–Trinajstić information content (AvgIpc) is 3.34. The summed E-state index contributed by atoms with van der Waals surface area (Å²) in [5, 5.41) is 2.75. The highest BCUT2D eigenvalue weighted by Gasteiger charge is 2.27. The van der Waals surface area contributed by atoms with Crippen molar-refractivity contribution >= 4 is 11.8 Å². The summed E-state index contributed by atoms with van der Waals surface area (Å²) in [6, 6.07) is 17.8. The van der Waals surface area contributed by atoms with Gasteiger partial charge in [0.05, 0.1) is 6.04 Å². The maximum Gasteiger partial charge on any atom is 0.254 e. The van der Waals surface area contributed by atoms with Crippen molar-refractivity contribution in [2.75, 3.05) is 6.54 Å². The van der Waals surface area contributed by atoms with E-state index in [2.05, 4.69) is 35.1 Å². The van der Waals surface area contributed by atoms with Gasteiger partial charge in [-0.25, -0.2) is 0 Å². The highest BCUT2D eigenvalue weighted by molar-refractivity contribution is 5.95. The third kappa shape index (κ3) is 5.03. The predicted molar refractivity (Wildman–Crippen MR) is 130 cm³/mol. The molecule has 168 valence electrons. The van der Waals surface area contributed by atoms with Crippen molar-refractivity contribution in [3.8, 4) is 0 Å². The van der Waals surface area contributed by atoms with Gasteiger partial charge in [-0.3, -0.25) is 14.6 Å². The van der Waals surface area contributed by atoms with E-state index < -0.39 is 0 Å². The molecule has 0 radical (unpaired) electrons. The van der Waals surface area contributed by atoms with Crippen molar-refractivity contribution < 1.29 is 9.59 Å². The molecular formula is C28H29N3O2. The van der Waals surface area contributed by atoms with Gasteiger partial charge in [0.15, 0.2) is 0 Å². The Morgan fingerprint density at radius 2 is 1.88 bits per heavy atom. The summed E-state index contributed by atoms with van der Waals surface area (Å²) in [6.45, 7) is 6.42. The number of aryl methyl sites for hydroxylation is 2. The molecular weight excluding hydrogens is 410 g/mol. The largest absolute Gasteiger partial charge is 0.348 e. The van der Waals surface area contributed by atoms with Gasteiger partial charge in [0.1, 0.15) is 0 Å². The quantitative estimate of drug-likeness (QED) is 0.521. The Hall–Kier alpha value is -3.73. The van der Waals surface area contributed by atoms with Crippen molar-refractivity contribution in [3.05, 3.63) is 113 Å². The van der Waals surface area contributed by atoms with Gasteiger partial charge in [-0.15, -0.1) is 0 Å². The lowest BCUT2D eigenvalue weighted by Crippen LogP contribution is -2.35. The van der Waals surface area contributed by atoms with Crippen LogP contribution in [0.3, 0.4) is 0 Å². The topological polar surface area (TPSA) is 62.3 Å². The Labute approximate surface area is 195 Å². The van der Waals surface area contributed by atoms with Gasteiger partial charge in [0.25, 0.3) is 5.91 Å². The number of hydrogen-bond acceptors (Lipinski definition) is 3. The number of nitrogens with zero attached hydrogens (tertiary/aromatic N) is 2. The summed E-state index contributed by atoms with van der Waals surface area (Å²) in [5.74, 6) is -0.255. The summed E-state index contributed by atoms with van der Waals surface area (Å²) in [4.78, 5) is 31.3. The summed E-state index contributed by atoms with van der Waals surface area (Å²) in [6.07, 6.45) is 8.25. The van der Waals surface area contributed by atoms with Gasteiger partial charge in [-0.1, -0.05) is 43.0 Å². The van der Waals surface area contributed by atoms with Crippen LogP contribution < -0.4 is 5.32 Å². The van der Waals surface area contributed by atoms with Gasteiger partial charge < -0.3 is 10.2 Å². The standard InChI is InChI=1S/C28H29N3O2/c1-3-26(32)30-18-20-10-12-22(13-11-20)28(33)31(4-2)27(25-9-6-16-29-19-25)24-15-14-21-7-5-8-23(21)17-24/h3,6,9-17,19,27H,1,4-5,7-8,18H2,2H3,(H,30,32). The molecule has 5 heteroatoms. The molecule has 0 fully saturated rings. The molecule has 33 heavy (non-hydrogen) atoms. The predicted octanol–water partition coefficient (Wildman–Crippen LogP) is 4.62. The van der Waals surface area contributed by atoms with Crippen molar-refractivity contribution in [2.24, 2.45) is 0 Å². The van der Waals surface area contributed by atoms with Crippen LogP contribution in [0.5, 0.6) is 0 Å². The van der Waals surface area contributed by atoms with Crippen LogP contribution in [0.2, 0.25) is 0 Å². The van der Waals surface area contributed by atoms with Crippen LogP contribution in [-0.2, 0) is 24.2 Å². The average molecular weight is 440 g/mol. The van der Waals surface area contributed by atoms with Crippen LogP contribution in [0.25, 0.3) is 0 Å². The number of rotatable bonds is 8. The molecule has 5 nitrogen and oxygen atoms in total. The molecule has 1 heterocycles. The van der Waals surface area contributed by atoms with Crippen LogP contribution in [0.15, 0.2) is 79.6 Å². The zero-order chi connectivity index (χ0) is 23.2. The first-order chi connectivity index (χ1) is 16.1. The van der Waals surface area contributed by atoms with E-state index in [0.29, 0.717) is 18.7 Å². The van der Waals surface area contributed by atoms with E-state index in [1.165, 1.54) is 23.6 Å². The molecule has 2 aromatic carbocycles. The highest BCUT2D eigenvalue weighted by Crippen LogP contribution is 2.33. The maximum absolute atomic E-state index is 13.6. The van der Waals surface area contributed by atoms with Crippen molar-refractivity contribution in [2.45, 2.75) is 38.8 Å². The molecule has 1 N–H and O–H groups in total. The number of aromatic nitrogens is 1. The summed E-state index contributed by atoms with van der Waals surface area (Å²) in [5.41, 5.74) is 6.45. The molecule has 1 aliphatic rings. The van der Waals surface area contributed by atoms with E-state index in [9.17, 15) is 9.59 Å². The van der Waals surface area contributed by atoms with Crippen LogP contribution in [0.4, 0.5) is 0 Å². The Morgan fingerprint density at radius 3 is 2.58 bits per heavy atom. The van der Waals surface area contributed by atoms with Crippen LogP contribution in [0.1, 0.15) is 57.6 Å². The normalized spacial score (nSPS) is 13.1. The van der Waals surface area contributed by atoms with Gasteiger partial charge in [-0.2, -0.15) is 0 Å². The second-order valence-electron chi connectivity index (χ2n) is 8.28. The van der Waals surface area contributed by atoms with E-state index in [0.717, 1.165) is 29.5 Å². The molecule has 4 rings (SSSR count). The number of carbonyl (C=O) groups excluding carboxylic acids is 2. The lowest BCUT2D eigenvalue weighted by molar-refractivity contribution is -0.116. The van der Waals surface area contributed by atoms with Gasteiger partial charge in [0.2, 0.25) is 5.91 Å². The number of fused-ring (bicyclic) bond motifs is 1. The lowest BCUT2D eigenvalue weighted by Gasteiger charge is -2.32. The number of hydrogen-bond donors (Lipinski definition) is 1. The van der Waals surface area contributed by atoms with E-state index in [4.69, 9.17) is 0 Å². The molecule has 3 aromatic rings. The van der Waals surface area contributed by atoms with Gasteiger partial charge in [-0.05, 0) is 78.3 Å². The minimum atomic E-state index is -0.221. The first kappa shape index (κ1) is 22.5. The van der Waals surface area contributed by atoms with Gasteiger partial charge >= 0.3 is 0 Å². The third-order valence-electron chi connectivity index (χ3n) is 6.20. The fourth-order valence-electron chi connectivity index (χ4n) is 4.49. The number of nitrogens with one attached hydrogen (secondary N) is 1. The fraction of sp³-hybridized carbons (Fsp3) is 0.250. The van der Waals surface area contributed by atoms with E-state index in [1.54, 1.807) is 6.20 Å². The third-order valence-corrected chi connectivity index (χ3v) is 6.20. The molecule has 2 amide bonds. The number of amides is 2. The van der Waals surface area contributed by atoms with Crippen molar-refractivity contribution in [1.82, 2.24) is 15.2 Å². The smallest absolute Gasteiger partial charge is 0.254 e. The van der Waals surface area contributed by atoms with E-state index in [1.807, 2.05) is 54.4 Å². The molecule has 0 aliphatic heterocycles. The number of benzene rings is 2. The summed E-state index contributed by atoms with van der Waals surface area (Å²) < 4.78 is 0. The van der Waals surface area contributed by atoms with Crippen molar-refractivity contribution in [1.29, 1.82) is 0 Å². The maximum atomic E-state index is 13.6. The minimum absolute atomic E-state index is 0.0338. The molecule has 1 aliphatic carbocycles. The molecule has 0 saturated heterocycles. The lowest BCUT2D eigenvalue weighted by atomic mass is 9.94. The summed E-state index contributed by atoms with van der Waals surface area (Å²) in [7, 11) is 0. The number of pyridine rings is 1. The first-order valence-electron chi connectivity index (χ1n) is 11.4. The van der Waals surface area contributed by atoms with Crippen LogP contribution >= 0.6 is 0 Å². The molecule has 0 bridgehead atoms. The van der Waals surface area contributed by atoms with E-state index in [-0.39, 0.29) is 17.9 Å². The SMILES string of the molecule is C=CC(=O)NCc1ccc(C(=O)N(CC)C(c2cccnc2)c2ccc3c(c2)CCC3)cc1. The minimum Gasteiger partial charge on any atom is -0.348 e. The Morgan fingerprint density at radius 1 is 1.09 bits per heavy atom. The highest BCUT2D eigenvalue weighted by atomic mass is 16.2.